The highest BCUT2D eigenvalue weighted by atomic mass is 35.5. The van der Waals surface area contributed by atoms with Gasteiger partial charge in [-0.2, -0.15) is 0 Å². The fraction of sp³-hybridized carbons (Fsp3) is 0.500. The fourth-order valence-corrected chi connectivity index (χ4v) is 2.31. The van der Waals surface area contributed by atoms with Gasteiger partial charge in [-0.1, -0.05) is 11.6 Å². The van der Waals surface area contributed by atoms with Gasteiger partial charge in [-0.05, 0) is 44.4 Å². The molecule has 1 aliphatic rings. The normalized spacial score (nSPS) is 21.4. The van der Waals surface area contributed by atoms with E-state index in [0.29, 0.717) is 29.3 Å². The predicted octanol–water partition coefficient (Wildman–Crippen LogP) is 2.44. The smallest absolute Gasteiger partial charge is 0.261 e. The van der Waals surface area contributed by atoms with Crippen LogP contribution < -0.4 is 10.1 Å². The molecule has 1 amide bonds. The van der Waals surface area contributed by atoms with Gasteiger partial charge >= 0.3 is 0 Å². The van der Waals surface area contributed by atoms with Crippen LogP contribution in [0.3, 0.4) is 0 Å². The van der Waals surface area contributed by atoms with Crippen LogP contribution in [0.5, 0.6) is 5.75 Å². The van der Waals surface area contributed by atoms with E-state index >= 15 is 0 Å². The Labute approximate surface area is 117 Å². The van der Waals surface area contributed by atoms with Crippen LogP contribution in [0.25, 0.3) is 0 Å². The Bertz CT molecular complexity index is 462. The third-order valence-electron chi connectivity index (χ3n) is 3.18. The highest BCUT2D eigenvalue weighted by Gasteiger charge is 2.23. The second-order valence-electron chi connectivity index (χ2n) is 4.75. The number of aliphatic hydroxyl groups excluding tert-OH is 1. The van der Waals surface area contributed by atoms with Crippen molar-refractivity contribution in [2.24, 2.45) is 0 Å². The minimum Gasteiger partial charge on any atom is -0.480 e. The lowest BCUT2D eigenvalue weighted by Crippen LogP contribution is -2.36. The molecule has 0 aromatic heterocycles. The zero-order chi connectivity index (χ0) is 13.8. The molecule has 2 unspecified atom stereocenters. The molecule has 0 radical (unpaired) electrons. The first kappa shape index (κ1) is 14.2. The summed E-state index contributed by atoms with van der Waals surface area (Å²) in [7, 11) is 0. The zero-order valence-electron chi connectivity index (χ0n) is 10.9. The molecule has 0 spiro atoms. The summed E-state index contributed by atoms with van der Waals surface area (Å²) in [6.07, 6.45) is 1.41. The van der Waals surface area contributed by atoms with Crippen LogP contribution >= 0.6 is 11.6 Å². The monoisotopic (exact) mass is 283 g/mol. The van der Waals surface area contributed by atoms with E-state index in [9.17, 15) is 9.90 Å². The van der Waals surface area contributed by atoms with Gasteiger partial charge < -0.3 is 15.2 Å². The maximum Gasteiger partial charge on any atom is 0.261 e. The molecule has 1 aromatic carbocycles. The van der Waals surface area contributed by atoms with Crippen LogP contribution in [-0.4, -0.2) is 23.7 Å². The lowest BCUT2D eigenvalue weighted by Gasteiger charge is -2.19. The Balaban J connectivity index is 2.19. The SMILES string of the molecule is CC(O)c1cc(Cl)ccc1OC1CCCCNC1=O. The molecule has 0 bridgehead atoms. The number of rotatable bonds is 3. The number of ether oxygens (including phenoxy) is 1. The van der Waals surface area contributed by atoms with E-state index < -0.39 is 12.2 Å². The minimum absolute atomic E-state index is 0.0935. The summed E-state index contributed by atoms with van der Waals surface area (Å²) in [5, 5.41) is 13.1. The quantitative estimate of drug-likeness (QED) is 0.896. The molecule has 0 aliphatic carbocycles. The van der Waals surface area contributed by atoms with Gasteiger partial charge in [0.2, 0.25) is 0 Å². The first-order chi connectivity index (χ1) is 9.08. The predicted molar refractivity (Wildman–Crippen MR) is 73.4 cm³/mol. The van der Waals surface area contributed by atoms with Crippen molar-refractivity contribution >= 4 is 17.5 Å². The molecular formula is C14H18ClNO3. The molecule has 1 heterocycles. The number of halogens is 1. The first-order valence-corrected chi connectivity index (χ1v) is 6.87. The Morgan fingerprint density at radius 1 is 1.47 bits per heavy atom. The summed E-state index contributed by atoms with van der Waals surface area (Å²) < 4.78 is 5.76. The number of amides is 1. The molecule has 19 heavy (non-hydrogen) atoms. The average Bonchev–Trinajstić information content (AvgIpc) is 2.57. The van der Waals surface area contributed by atoms with E-state index in [4.69, 9.17) is 16.3 Å². The van der Waals surface area contributed by atoms with Gasteiger partial charge in [-0.15, -0.1) is 0 Å². The van der Waals surface area contributed by atoms with Crippen LogP contribution in [0.2, 0.25) is 5.02 Å². The minimum atomic E-state index is -0.692. The van der Waals surface area contributed by atoms with Crippen molar-refractivity contribution in [3.8, 4) is 5.75 Å². The fourth-order valence-electron chi connectivity index (χ4n) is 2.13. The molecule has 1 saturated heterocycles. The standard InChI is InChI=1S/C14H18ClNO3/c1-9(17)11-8-10(15)5-6-12(11)19-13-4-2-3-7-16-14(13)18/h5-6,8-9,13,17H,2-4,7H2,1H3,(H,16,18). The number of aliphatic hydroxyl groups is 1. The van der Waals surface area contributed by atoms with Crippen molar-refractivity contribution in [2.45, 2.75) is 38.4 Å². The van der Waals surface area contributed by atoms with Gasteiger partial charge in [0.05, 0.1) is 6.10 Å². The number of benzene rings is 1. The van der Waals surface area contributed by atoms with Crippen molar-refractivity contribution in [3.63, 3.8) is 0 Å². The molecule has 5 heteroatoms. The number of hydrogen-bond acceptors (Lipinski definition) is 3. The molecule has 4 nitrogen and oxygen atoms in total. The van der Waals surface area contributed by atoms with Crippen LogP contribution in [0.4, 0.5) is 0 Å². The lowest BCUT2D eigenvalue weighted by molar-refractivity contribution is -0.127. The van der Waals surface area contributed by atoms with Gasteiger partial charge in [-0.3, -0.25) is 4.79 Å². The van der Waals surface area contributed by atoms with Crippen LogP contribution in [-0.2, 0) is 4.79 Å². The Kier molecular flexibility index (Phi) is 4.66. The third-order valence-corrected chi connectivity index (χ3v) is 3.41. The second kappa shape index (κ2) is 6.26. The van der Waals surface area contributed by atoms with Gasteiger partial charge in [0.25, 0.3) is 5.91 Å². The third kappa shape index (κ3) is 3.61. The Morgan fingerprint density at radius 2 is 2.26 bits per heavy atom. The van der Waals surface area contributed by atoms with Crippen molar-refractivity contribution in [3.05, 3.63) is 28.8 Å². The summed E-state index contributed by atoms with van der Waals surface area (Å²) >= 11 is 5.91. The zero-order valence-corrected chi connectivity index (χ0v) is 11.6. The number of nitrogens with one attached hydrogen (secondary N) is 1. The Hall–Kier alpha value is -1.26. The molecule has 104 valence electrons. The van der Waals surface area contributed by atoms with E-state index in [1.807, 2.05) is 0 Å². The van der Waals surface area contributed by atoms with Gasteiger partial charge in [0.1, 0.15) is 5.75 Å². The maximum absolute atomic E-state index is 11.8. The van der Waals surface area contributed by atoms with Gasteiger partial charge in [0, 0.05) is 17.1 Å². The number of hydrogen-bond donors (Lipinski definition) is 2. The van der Waals surface area contributed by atoms with E-state index in [-0.39, 0.29) is 5.91 Å². The molecule has 2 N–H and O–H groups in total. The summed E-state index contributed by atoms with van der Waals surface area (Å²) in [5.74, 6) is 0.422. The van der Waals surface area contributed by atoms with E-state index in [1.165, 1.54) is 0 Å². The molecule has 0 saturated carbocycles. The van der Waals surface area contributed by atoms with Crippen LogP contribution in [0.1, 0.15) is 37.9 Å². The summed E-state index contributed by atoms with van der Waals surface area (Å²) in [5.41, 5.74) is 0.601. The topological polar surface area (TPSA) is 58.6 Å². The van der Waals surface area contributed by atoms with E-state index in [0.717, 1.165) is 12.8 Å². The molecule has 1 aromatic rings. The van der Waals surface area contributed by atoms with Crippen LogP contribution in [0.15, 0.2) is 18.2 Å². The highest BCUT2D eigenvalue weighted by molar-refractivity contribution is 6.30. The van der Waals surface area contributed by atoms with Gasteiger partial charge in [-0.25, -0.2) is 0 Å². The molecule has 2 rings (SSSR count). The lowest BCUT2D eigenvalue weighted by atomic mass is 10.1. The molecule has 1 aliphatic heterocycles. The van der Waals surface area contributed by atoms with E-state index in [2.05, 4.69) is 5.32 Å². The molecular weight excluding hydrogens is 266 g/mol. The van der Waals surface area contributed by atoms with E-state index in [1.54, 1.807) is 25.1 Å². The first-order valence-electron chi connectivity index (χ1n) is 6.50. The van der Waals surface area contributed by atoms with Crippen LogP contribution in [0, 0.1) is 0 Å². The number of carbonyl (C=O) groups is 1. The van der Waals surface area contributed by atoms with Crippen molar-refractivity contribution in [2.75, 3.05) is 6.54 Å². The number of carbonyl (C=O) groups excluding carboxylic acids is 1. The average molecular weight is 284 g/mol. The summed E-state index contributed by atoms with van der Waals surface area (Å²) in [4.78, 5) is 11.8. The molecule has 1 fully saturated rings. The van der Waals surface area contributed by atoms with Crippen molar-refractivity contribution in [1.82, 2.24) is 5.32 Å². The van der Waals surface area contributed by atoms with Crippen molar-refractivity contribution in [1.29, 1.82) is 0 Å². The maximum atomic E-state index is 11.8. The second-order valence-corrected chi connectivity index (χ2v) is 5.19. The molecule has 2 atom stereocenters. The summed E-state index contributed by atoms with van der Waals surface area (Å²) in [6, 6.07) is 5.05. The van der Waals surface area contributed by atoms with Gasteiger partial charge in [0.15, 0.2) is 6.10 Å². The highest BCUT2D eigenvalue weighted by Crippen LogP contribution is 2.29. The van der Waals surface area contributed by atoms with Crippen molar-refractivity contribution < 1.29 is 14.6 Å². The Morgan fingerprint density at radius 3 is 3.00 bits per heavy atom. The largest absolute Gasteiger partial charge is 0.480 e. The summed E-state index contributed by atoms with van der Waals surface area (Å²) in [6.45, 7) is 2.34.